The van der Waals surface area contributed by atoms with Gasteiger partial charge in [0.05, 0.1) is 5.69 Å². The first kappa shape index (κ1) is 26.7. The summed E-state index contributed by atoms with van der Waals surface area (Å²) < 4.78 is 6.32. The molecule has 0 spiro atoms. The van der Waals surface area contributed by atoms with Crippen molar-refractivity contribution in [3.05, 3.63) is 82.1 Å². The van der Waals surface area contributed by atoms with Gasteiger partial charge in [0.15, 0.2) is 0 Å². The van der Waals surface area contributed by atoms with E-state index in [2.05, 4.69) is 10.2 Å². The van der Waals surface area contributed by atoms with Gasteiger partial charge >= 0.3 is 0 Å². The molecule has 2 amide bonds. The summed E-state index contributed by atoms with van der Waals surface area (Å²) >= 11 is 6.17. The minimum atomic E-state index is -0.185. The maximum atomic E-state index is 13.2. The zero-order valence-electron chi connectivity index (χ0n) is 21.7. The molecule has 4 rings (SSSR count). The normalized spacial score (nSPS) is 17.5. The van der Waals surface area contributed by atoms with E-state index in [1.807, 2.05) is 68.3 Å². The Kier molecular flexibility index (Phi) is 8.87. The number of aromatic nitrogens is 2. The second-order valence-corrected chi connectivity index (χ2v) is 10.3. The van der Waals surface area contributed by atoms with Gasteiger partial charge < -0.3 is 14.5 Å². The van der Waals surface area contributed by atoms with Crippen LogP contribution in [0, 0.1) is 19.8 Å². The number of piperidine rings is 1. The summed E-state index contributed by atoms with van der Waals surface area (Å²) in [5.41, 5.74) is 4.12. The van der Waals surface area contributed by atoms with E-state index >= 15 is 0 Å². The van der Waals surface area contributed by atoms with Crippen LogP contribution in [0.5, 0.6) is 5.75 Å². The van der Waals surface area contributed by atoms with Crippen LogP contribution in [0.25, 0.3) is 0 Å². The molecule has 0 bridgehead atoms. The predicted molar refractivity (Wildman–Crippen MR) is 144 cm³/mol. The number of benzene rings is 2. The van der Waals surface area contributed by atoms with Crippen molar-refractivity contribution in [3.63, 3.8) is 0 Å². The van der Waals surface area contributed by atoms with E-state index in [0.717, 1.165) is 22.5 Å². The average Bonchev–Trinajstić information content (AvgIpc) is 3.21. The Morgan fingerprint density at radius 2 is 1.95 bits per heavy atom. The van der Waals surface area contributed by atoms with Crippen molar-refractivity contribution in [1.82, 2.24) is 20.0 Å². The van der Waals surface area contributed by atoms with E-state index in [1.54, 1.807) is 17.0 Å². The molecule has 37 heavy (non-hydrogen) atoms. The maximum absolute atomic E-state index is 13.2. The fourth-order valence-electron chi connectivity index (χ4n) is 4.96. The number of carbonyl (C=O) groups excluding carboxylic acids is 2. The Bertz CT molecular complexity index is 1190. The molecule has 196 valence electrons. The fourth-order valence-corrected chi connectivity index (χ4v) is 5.14. The van der Waals surface area contributed by atoms with Crippen molar-refractivity contribution in [2.24, 2.45) is 5.92 Å². The van der Waals surface area contributed by atoms with E-state index in [0.29, 0.717) is 56.1 Å². The Balaban J connectivity index is 1.43. The number of halogens is 1. The first-order valence-electron chi connectivity index (χ1n) is 12.8. The summed E-state index contributed by atoms with van der Waals surface area (Å²) in [4.78, 5) is 30.0. The first-order chi connectivity index (χ1) is 17.8. The number of carbonyl (C=O) groups is 2. The summed E-state index contributed by atoms with van der Waals surface area (Å²) in [5, 5.41) is 7.82. The molecule has 1 aliphatic rings. The number of aryl methyl sites for hydroxylation is 2. The van der Waals surface area contributed by atoms with Crippen LogP contribution in [0.4, 0.5) is 0 Å². The molecule has 0 aliphatic carbocycles. The standard InChI is InChI=1S/C29H35ClN4O3/c1-20-26(21(2)32-31-20)12-13-28(35)34-15-14-27(37-25-11-7-10-24(30)17-25)23(19-34)16-29(36)33(3)18-22-8-5-4-6-9-22/h4-11,17,23,27H,12-16,18-19H2,1-3H3,(H,31,32)/t23-,27-/m0/s1. The number of nitrogens with one attached hydrogen (secondary N) is 1. The second kappa shape index (κ2) is 12.3. The molecule has 1 aliphatic heterocycles. The van der Waals surface area contributed by atoms with Gasteiger partial charge in [-0.05, 0) is 49.6 Å². The Labute approximate surface area is 223 Å². The number of likely N-dealkylation sites (tertiary alicyclic amines) is 1. The minimum Gasteiger partial charge on any atom is -0.490 e. The van der Waals surface area contributed by atoms with Crippen molar-refractivity contribution >= 4 is 23.4 Å². The van der Waals surface area contributed by atoms with Crippen LogP contribution < -0.4 is 4.74 Å². The molecule has 2 aromatic carbocycles. The topological polar surface area (TPSA) is 78.5 Å². The highest BCUT2D eigenvalue weighted by Crippen LogP contribution is 2.28. The van der Waals surface area contributed by atoms with Crippen molar-refractivity contribution in [3.8, 4) is 5.75 Å². The number of ether oxygens (including phenoxy) is 1. The summed E-state index contributed by atoms with van der Waals surface area (Å²) in [6, 6.07) is 17.3. The largest absolute Gasteiger partial charge is 0.490 e. The van der Waals surface area contributed by atoms with Gasteiger partial charge in [-0.2, -0.15) is 5.10 Å². The lowest BCUT2D eigenvalue weighted by atomic mass is 9.90. The number of hydrogen-bond acceptors (Lipinski definition) is 4. The molecule has 8 heteroatoms. The van der Waals surface area contributed by atoms with Crippen LogP contribution >= 0.6 is 11.6 Å². The molecule has 0 saturated carbocycles. The Hall–Kier alpha value is -3.32. The van der Waals surface area contributed by atoms with Gasteiger partial charge in [-0.25, -0.2) is 0 Å². The number of aromatic amines is 1. The predicted octanol–water partition coefficient (Wildman–Crippen LogP) is 4.96. The highest BCUT2D eigenvalue weighted by Gasteiger charge is 2.35. The van der Waals surface area contributed by atoms with Gasteiger partial charge in [-0.3, -0.25) is 14.7 Å². The number of amides is 2. The van der Waals surface area contributed by atoms with Gasteiger partial charge in [0.2, 0.25) is 11.8 Å². The summed E-state index contributed by atoms with van der Waals surface area (Å²) in [5.74, 6) is 0.682. The summed E-state index contributed by atoms with van der Waals surface area (Å²) in [7, 11) is 1.82. The van der Waals surface area contributed by atoms with Crippen LogP contribution in [-0.4, -0.2) is 58.1 Å². The highest BCUT2D eigenvalue weighted by molar-refractivity contribution is 6.30. The molecule has 7 nitrogen and oxygen atoms in total. The highest BCUT2D eigenvalue weighted by atomic mass is 35.5. The molecular weight excluding hydrogens is 488 g/mol. The summed E-state index contributed by atoms with van der Waals surface area (Å²) in [6.07, 6.45) is 1.83. The van der Waals surface area contributed by atoms with Gasteiger partial charge in [-0.15, -0.1) is 0 Å². The number of H-pyrrole nitrogens is 1. The quantitative estimate of drug-likeness (QED) is 0.431. The van der Waals surface area contributed by atoms with Gasteiger partial charge in [0.25, 0.3) is 0 Å². The van der Waals surface area contributed by atoms with Gasteiger partial charge in [0.1, 0.15) is 11.9 Å². The van der Waals surface area contributed by atoms with Gasteiger partial charge in [-0.1, -0.05) is 48.0 Å². The molecule has 1 saturated heterocycles. The van der Waals surface area contributed by atoms with Crippen molar-refractivity contribution in [2.75, 3.05) is 20.1 Å². The van der Waals surface area contributed by atoms with E-state index in [4.69, 9.17) is 16.3 Å². The Morgan fingerprint density at radius 1 is 1.16 bits per heavy atom. The zero-order chi connectivity index (χ0) is 26.4. The van der Waals surface area contributed by atoms with Crippen molar-refractivity contribution < 1.29 is 14.3 Å². The third-order valence-corrected chi connectivity index (χ3v) is 7.33. The lowest BCUT2D eigenvalue weighted by Crippen LogP contribution is -2.49. The third kappa shape index (κ3) is 7.13. The van der Waals surface area contributed by atoms with Gasteiger partial charge in [0, 0.05) is 62.6 Å². The Morgan fingerprint density at radius 3 is 2.65 bits per heavy atom. The van der Waals surface area contributed by atoms with Crippen LogP contribution in [0.15, 0.2) is 54.6 Å². The van der Waals surface area contributed by atoms with E-state index in [-0.39, 0.29) is 23.8 Å². The average molecular weight is 523 g/mol. The van der Waals surface area contributed by atoms with E-state index in [9.17, 15) is 9.59 Å². The smallest absolute Gasteiger partial charge is 0.223 e. The molecule has 1 aromatic heterocycles. The van der Waals surface area contributed by atoms with Crippen LogP contribution in [0.1, 0.15) is 41.8 Å². The fraction of sp³-hybridized carbons (Fsp3) is 0.414. The second-order valence-electron chi connectivity index (χ2n) is 9.85. The monoisotopic (exact) mass is 522 g/mol. The summed E-state index contributed by atoms with van der Waals surface area (Å²) in [6.45, 7) is 5.55. The van der Waals surface area contributed by atoms with Crippen molar-refractivity contribution in [1.29, 1.82) is 0 Å². The molecule has 0 unspecified atom stereocenters. The SMILES string of the molecule is Cc1n[nH]c(C)c1CCC(=O)N1CC[C@H](Oc2cccc(Cl)c2)[C@@H](CC(=O)N(C)Cc2ccccc2)C1. The lowest BCUT2D eigenvalue weighted by molar-refractivity contribution is -0.138. The van der Waals surface area contributed by atoms with E-state index in [1.165, 1.54) is 0 Å². The lowest BCUT2D eigenvalue weighted by Gasteiger charge is -2.39. The molecule has 1 N–H and O–H groups in total. The minimum absolute atomic E-state index is 0.0347. The maximum Gasteiger partial charge on any atom is 0.223 e. The van der Waals surface area contributed by atoms with E-state index < -0.39 is 0 Å². The van der Waals surface area contributed by atoms with Crippen LogP contribution in [0.2, 0.25) is 5.02 Å². The third-order valence-electron chi connectivity index (χ3n) is 7.10. The molecule has 0 radical (unpaired) electrons. The molecular formula is C29H35ClN4O3. The van der Waals surface area contributed by atoms with Crippen molar-refractivity contribution in [2.45, 2.75) is 52.2 Å². The number of rotatable bonds is 9. The van der Waals surface area contributed by atoms with Crippen LogP contribution in [0.3, 0.4) is 0 Å². The molecule has 1 fully saturated rings. The number of hydrogen-bond donors (Lipinski definition) is 1. The van der Waals surface area contributed by atoms with Crippen LogP contribution in [-0.2, 0) is 22.6 Å². The molecule has 3 aromatic rings. The zero-order valence-corrected chi connectivity index (χ0v) is 22.5. The number of nitrogens with zero attached hydrogens (tertiary/aromatic N) is 3. The first-order valence-corrected chi connectivity index (χ1v) is 13.2. The molecule has 2 atom stereocenters. The molecule has 2 heterocycles.